The van der Waals surface area contributed by atoms with Crippen molar-refractivity contribution in [3.63, 3.8) is 0 Å². The fourth-order valence-electron chi connectivity index (χ4n) is 4.91. The van der Waals surface area contributed by atoms with Crippen LogP contribution in [0.15, 0.2) is 52.9 Å². The van der Waals surface area contributed by atoms with Crippen LogP contribution in [-0.2, 0) is 10.0 Å². The van der Waals surface area contributed by atoms with E-state index in [2.05, 4.69) is 21.5 Å². The number of anilines is 1. The van der Waals surface area contributed by atoms with E-state index in [1.807, 2.05) is 12.1 Å². The Balaban J connectivity index is 1.49. The molecule has 2 aliphatic rings. The number of nitrogens with zero attached hydrogens (tertiary/aromatic N) is 2. The van der Waals surface area contributed by atoms with E-state index in [-0.39, 0.29) is 23.0 Å². The quantitative estimate of drug-likeness (QED) is 0.495. The number of nitrogens with one attached hydrogen (secondary N) is 1. The molecular weight excluding hydrogens is 480 g/mol. The topological polar surface area (TPSA) is 71.5 Å². The molecule has 2 aliphatic heterocycles. The molecule has 1 saturated heterocycles. The van der Waals surface area contributed by atoms with Crippen molar-refractivity contribution in [2.45, 2.75) is 43.2 Å². The highest BCUT2D eigenvalue weighted by molar-refractivity contribution is 7.93. The minimum atomic E-state index is -4.16. The fraction of sp³-hybridized carbons (Fsp3) is 0.375. The first-order valence-corrected chi connectivity index (χ1v) is 13.6. The van der Waals surface area contributed by atoms with Gasteiger partial charge in [-0.3, -0.25) is 9.62 Å². The van der Waals surface area contributed by atoms with Crippen molar-refractivity contribution < 1.29 is 21.9 Å². The van der Waals surface area contributed by atoms with Crippen molar-refractivity contribution >= 4 is 26.5 Å². The Hall–Kier alpha value is -2.56. The number of benzene rings is 2. The summed E-state index contributed by atoms with van der Waals surface area (Å²) in [4.78, 5) is 5.77. The molecule has 0 unspecified atom stereocenters. The molecule has 0 radical (unpaired) electrons. The lowest BCUT2D eigenvalue weighted by atomic mass is 9.85. The summed E-state index contributed by atoms with van der Waals surface area (Å²) >= 11 is 1.11. The van der Waals surface area contributed by atoms with E-state index < -0.39 is 20.7 Å². The molecule has 1 N–H and O–H groups in total. The second-order valence-electron chi connectivity index (χ2n) is 8.85. The average molecular weight is 506 g/mol. The van der Waals surface area contributed by atoms with Crippen LogP contribution in [0.4, 0.5) is 13.9 Å². The highest BCUT2D eigenvalue weighted by atomic mass is 32.2. The van der Waals surface area contributed by atoms with Gasteiger partial charge in [0.05, 0.1) is 6.61 Å². The summed E-state index contributed by atoms with van der Waals surface area (Å²) in [6.45, 7) is 3.41. The summed E-state index contributed by atoms with van der Waals surface area (Å²) < 4.78 is 62.5. The summed E-state index contributed by atoms with van der Waals surface area (Å²) in [7, 11) is -4.16. The van der Waals surface area contributed by atoms with Crippen LogP contribution in [-0.4, -0.2) is 31.5 Å². The van der Waals surface area contributed by atoms with E-state index in [4.69, 9.17) is 4.74 Å². The van der Waals surface area contributed by atoms with E-state index in [1.54, 1.807) is 5.38 Å². The van der Waals surface area contributed by atoms with Gasteiger partial charge in [0.2, 0.25) is 0 Å². The van der Waals surface area contributed by atoms with Crippen LogP contribution in [0.5, 0.6) is 5.75 Å². The van der Waals surface area contributed by atoms with Crippen molar-refractivity contribution in [1.29, 1.82) is 0 Å². The number of aromatic nitrogens is 1. The summed E-state index contributed by atoms with van der Waals surface area (Å²) in [6.07, 6.45) is 4.03. The van der Waals surface area contributed by atoms with Gasteiger partial charge in [-0.15, -0.1) is 11.3 Å². The van der Waals surface area contributed by atoms with Gasteiger partial charge in [-0.1, -0.05) is 19.1 Å². The molecule has 0 bridgehead atoms. The third-order valence-electron chi connectivity index (χ3n) is 6.58. The molecule has 3 heterocycles. The lowest BCUT2D eigenvalue weighted by molar-refractivity contribution is 0.0485. The van der Waals surface area contributed by atoms with Gasteiger partial charge >= 0.3 is 0 Å². The number of hydrogen-bond donors (Lipinski definition) is 1. The van der Waals surface area contributed by atoms with Crippen molar-refractivity contribution in [2.24, 2.45) is 5.92 Å². The zero-order chi connectivity index (χ0) is 23.9. The number of hydrogen-bond acceptors (Lipinski definition) is 6. The van der Waals surface area contributed by atoms with Crippen LogP contribution in [0.25, 0.3) is 0 Å². The van der Waals surface area contributed by atoms with Crippen molar-refractivity contribution in [1.82, 2.24) is 9.88 Å². The van der Waals surface area contributed by atoms with Gasteiger partial charge in [0, 0.05) is 41.7 Å². The molecule has 3 aromatic rings. The number of fused-ring (bicyclic) bond motifs is 1. The first kappa shape index (κ1) is 23.2. The molecule has 1 aromatic heterocycles. The summed E-state index contributed by atoms with van der Waals surface area (Å²) in [5, 5.41) is 1.80. The number of likely N-dealkylation sites (tertiary alicyclic amines) is 1. The van der Waals surface area contributed by atoms with Gasteiger partial charge in [-0.2, -0.15) is 0 Å². The Labute approximate surface area is 201 Å². The van der Waals surface area contributed by atoms with E-state index in [0.29, 0.717) is 30.3 Å². The predicted molar refractivity (Wildman–Crippen MR) is 126 cm³/mol. The number of halogens is 2. The molecule has 34 heavy (non-hydrogen) atoms. The molecule has 0 aliphatic carbocycles. The fourth-order valence-corrected chi connectivity index (χ4v) is 6.78. The number of sulfonamides is 1. The smallest absolute Gasteiger partial charge is 0.266 e. The molecule has 6 nitrogen and oxygen atoms in total. The minimum absolute atomic E-state index is 0.0540. The van der Waals surface area contributed by atoms with Crippen LogP contribution in [0.3, 0.4) is 0 Å². The first-order chi connectivity index (χ1) is 16.3. The van der Waals surface area contributed by atoms with Crippen LogP contribution in [0, 0.1) is 17.6 Å². The maximum atomic E-state index is 15.2. The summed E-state index contributed by atoms with van der Waals surface area (Å²) in [5.74, 6) is -0.236. The zero-order valence-electron chi connectivity index (χ0n) is 18.6. The Morgan fingerprint density at radius 3 is 2.68 bits per heavy atom. The molecule has 1 fully saturated rings. The van der Waals surface area contributed by atoms with Crippen LogP contribution < -0.4 is 9.46 Å². The van der Waals surface area contributed by atoms with Gasteiger partial charge in [0.15, 0.2) is 5.13 Å². The summed E-state index contributed by atoms with van der Waals surface area (Å²) in [6, 6.07) is 9.04. The highest BCUT2D eigenvalue weighted by Crippen LogP contribution is 2.45. The molecule has 0 spiro atoms. The largest absolute Gasteiger partial charge is 0.493 e. The maximum absolute atomic E-state index is 15.2. The molecular formula is C24H25F2N3O3S2. The predicted octanol–water partition coefficient (Wildman–Crippen LogP) is 5.52. The van der Waals surface area contributed by atoms with Crippen LogP contribution in [0.1, 0.15) is 49.4 Å². The van der Waals surface area contributed by atoms with E-state index in [0.717, 1.165) is 36.3 Å². The number of ether oxygens (including phenoxy) is 1. The molecule has 10 heteroatoms. The molecule has 5 rings (SSSR count). The lowest BCUT2D eigenvalue weighted by Gasteiger charge is -2.45. The molecule has 0 saturated carbocycles. The second kappa shape index (κ2) is 9.24. The van der Waals surface area contributed by atoms with Gasteiger partial charge in [-0.25, -0.2) is 22.2 Å². The number of rotatable bonds is 5. The molecule has 180 valence electrons. The molecule has 3 atom stereocenters. The lowest BCUT2D eigenvalue weighted by Crippen LogP contribution is -2.40. The zero-order valence-corrected chi connectivity index (χ0v) is 20.2. The number of piperidine rings is 1. The van der Waals surface area contributed by atoms with E-state index in [9.17, 15) is 12.8 Å². The molecule has 0 amide bonds. The third-order valence-corrected chi connectivity index (χ3v) is 8.75. The first-order valence-electron chi connectivity index (χ1n) is 11.2. The normalized spacial score (nSPS) is 23.2. The van der Waals surface area contributed by atoms with Gasteiger partial charge in [0.1, 0.15) is 22.3 Å². The summed E-state index contributed by atoms with van der Waals surface area (Å²) in [5.41, 5.74) is 1.66. The standard InChI is InChI=1S/C24H25F2N3O3S2/c1-15-6-9-29(21(12-15)16-2-4-17(25)5-3-16)20-7-10-32-22-14-23(19(26)13-18(20)22)34(30,31)28-24-27-8-11-33-24/h2-5,8,11,13-15,20-21H,6-7,9-10,12H2,1H3,(H,27,28)/t15-,20-,21+/m1/s1. The monoisotopic (exact) mass is 505 g/mol. The van der Waals surface area contributed by atoms with Crippen molar-refractivity contribution in [3.8, 4) is 5.75 Å². The second-order valence-corrected chi connectivity index (χ2v) is 11.4. The minimum Gasteiger partial charge on any atom is -0.493 e. The SMILES string of the molecule is C[C@@H]1CCN([C@@H]2CCOc3cc(S(=O)(=O)Nc4nccs4)c(F)cc32)[C@H](c2ccc(F)cc2)C1. The van der Waals surface area contributed by atoms with Crippen LogP contribution >= 0.6 is 11.3 Å². The van der Waals surface area contributed by atoms with Gasteiger partial charge < -0.3 is 4.74 Å². The van der Waals surface area contributed by atoms with Crippen molar-refractivity contribution in [3.05, 3.63) is 70.7 Å². The highest BCUT2D eigenvalue weighted by Gasteiger charge is 2.37. The van der Waals surface area contributed by atoms with E-state index >= 15 is 4.39 Å². The third kappa shape index (κ3) is 4.54. The van der Waals surface area contributed by atoms with Crippen molar-refractivity contribution in [2.75, 3.05) is 17.9 Å². The average Bonchev–Trinajstić information content (AvgIpc) is 3.31. The van der Waals surface area contributed by atoms with Gasteiger partial charge in [0.25, 0.3) is 10.0 Å². The van der Waals surface area contributed by atoms with Gasteiger partial charge in [-0.05, 0) is 49.1 Å². The van der Waals surface area contributed by atoms with E-state index in [1.165, 1.54) is 30.5 Å². The Morgan fingerprint density at radius 2 is 1.94 bits per heavy atom. The Bertz CT molecular complexity index is 1270. The Kier molecular flexibility index (Phi) is 6.30. The maximum Gasteiger partial charge on any atom is 0.266 e. The number of thiazole rings is 1. The van der Waals surface area contributed by atoms with Crippen LogP contribution in [0.2, 0.25) is 0 Å². The Morgan fingerprint density at radius 1 is 1.15 bits per heavy atom. The molecule has 2 aromatic carbocycles.